The van der Waals surface area contributed by atoms with E-state index in [2.05, 4.69) is 5.32 Å². The Morgan fingerprint density at radius 1 is 0.909 bits per heavy atom. The molecule has 8 heteroatoms. The minimum atomic E-state index is -0.435. The van der Waals surface area contributed by atoms with Gasteiger partial charge in [0.15, 0.2) is 11.5 Å². The number of carbonyl (C=O) groups is 2. The molecule has 1 aliphatic rings. The molecule has 0 saturated carbocycles. The van der Waals surface area contributed by atoms with Gasteiger partial charge in [0.1, 0.15) is 11.4 Å². The van der Waals surface area contributed by atoms with Gasteiger partial charge in [-0.15, -0.1) is 11.3 Å². The normalized spacial score (nSPS) is 13.7. The monoisotopic (exact) mass is 464 g/mol. The molecule has 0 aliphatic carbocycles. The summed E-state index contributed by atoms with van der Waals surface area (Å²) in [6.45, 7) is 3.87. The van der Waals surface area contributed by atoms with Crippen LogP contribution in [0.2, 0.25) is 0 Å². The lowest BCUT2D eigenvalue weighted by Crippen LogP contribution is -2.32. The molecule has 1 N–H and O–H groups in total. The third-order valence-corrected chi connectivity index (χ3v) is 5.86. The van der Waals surface area contributed by atoms with Crippen LogP contribution in [0.4, 0.5) is 11.4 Å². The van der Waals surface area contributed by atoms with Crippen LogP contribution in [-0.4, -0.2) is 32.1 Å². The van der Waals surface area contributed by atoms with E-state index in [1.807, 2.05) is 31.4 Å². The summed E-state index contributed by atoms with van der Waals surface area (Å²) < 4.78 is 16.3. The third kappa shape index (κ3) is 4.42. The molecule has 0 radical (unpaired) electrons. The maximum atomic E-state index is 13.5. The zero-order valence-electron chi connectivity index (χ0n) is 18.7. The summed E-state index contributed by atoms with van der Waals surface area (Å²) in [4.78, 5) is 28.8. The van der Waals surface area contributed by atoms with Crippen LogP contribution in [0, 0.1) is 0 Å². The molecule has 2 amide bonds. The SMILES string of the molecule is COc1ccc(NC2=C(c3cccs3)C(=O)N(c3ccc(OC(C)C)cc3)C2=O)cc1OC. The van der Waals surface area contributed by atoms with Gasteiger partial charge in [-0.3, -0.25) is 9.59 Å². The number of thiophene rings is 1. The van der Waals surface area contributed by atoms with E-state index in [-0.39, 0.29) is 17.7 Å². The average molecular weight is 465 g/mol. The number of imide groups is 1. The van der Waals surface area contributed by atoms with Gasteiger partial charge < -0.3 is 19.5 Å². The van der Waals surface area contributed by atoms with Crippen LogP contribution in [0.3, 0.4) is 0 Å². The molecule has 0 fully saturated rings. The Hall–Kier alpha value is -3.78. The number of carbonyl (C=O) groups excluding carboxylic acids is 2. The number of nitrogens with zero attached hydrogens (tertiary/aromatic N) is 1. The number of hydrogen-bond donors (Lipinski definition) is 1. The zero-order chi connectivity index (χ0) is 23.5. The molecule has 0 atom stereocenters. The number of rotatable bonds is 8. The number of benzene rings is 2. The second kappa shape index (κ2) is 9.38. The standard InChI is InChI=1S/C25H24N2O5S/c1-15(2)32-18-10-8-17(9-11-18)27-24(28)22(21-6-5-13-33-21)23(25(27)29)26-16-7-12-19(30-3)20(14-16)31-4/h5-15,26H,1-4H3. The Bertz CT molecular complexity index is 1200. The maximum Gasteiger partial charge on any atom is 0.282 e. The highest BCUT2D eigenvalue weighted by Crippen LogP contribution is 2.37. The molecule has 0 saturated heterocycles. The number of hydrogen-bond acceptors (Lipinski definition) is 7. The van der Waals surface area contributed by atoms with Crippen molar-refractivity contribution in [2.75, 3.05) is 24.4 Å². The van der Waals surface area contributed by atoms with Gasteiger partial charge in [0.05, 0.1) is 31.6 Å². The fourth-order valence-electron chi connectivity index (χ4n) is 3.53. The van der Waals surface area contributed by atoms with Crippen LogP contribution in [-0.2, 0) is 9.59 Å². The summed E-state index contributed by atoms with van der Waals surface area (Å²) in [6.07, 6.45) is 0.0234. The number of anilines is 2. The van der Waals surface area contributed by atoms with Gasteiger partial charge >= 0.3 is 0 Å². The van der Waals surface area contributed by atoms with Crippen LogP contribution in [0.15, 0.2) is 65.7 Å². The molecule has 0 bridgehead atoms. The minimum Gasteiger partial charge on any atom is -0.493 e. The molecule has 0 unspecified atom stereocenters. The highest BCUT2D eigenvalue weighted by atomic mass is 32.1. The zero-order valence-corrected chi connectivity index (χ0v) is 19.6. The Morgan fingerprint density at radius 2 is 1.64 bits per heavy atom. The molecule has 7 nitrogen and oxygen atoms in total. The average Bonchev–Trinajstić information content (AvgIpc) is 3.41. The van der Waals surface area contributed by atoms with Gasteiger partial charge in [-0.2, -0.15) is 0 Å². The fraction of sp³-hybridized carbons (Fsp3) is 0.200. The van der Waals surface area contributed by atoms with Crippen LogP contribution in [0.5, 0.6) is 17.2 Å². The van der Waals surface area contributed by atoms with E-state index in [1.165, 1.54) is 23.3 Å². The summed E-state index contributed by atoms with van der Waals surface area (Å²) in [5, 5.41) is 5.01. The largest absolute Gasteiger partial charge is 0.493 e. The summed E-state index contributed by atoms with van der Waals surface area (Å²) in [7, 11) is 3.09. The molecule has 1 aromatic heterocycles. The highest BCUT2D eigenvalue weighted by molar-refractivity contribution is 7.11. The van der Waals surface area contributed by atoms with Crippen LogP contribution in [0.25, 0.3) is 5.57 Å². The quantitative estimate of drug-likeness (QED) is 0.476. The van der Waals surface area contributed by atoms with Crippen molar-refractivity contribution in [3.63, 3.8) is 0 Å². The molecular weight excluding hydrogens is 440 g/mol. The van der Waals surface area contributed by atoms with Gasteiger partial charge in [-0.25, -0.2) is 4.90 Å². The third-order valence-electron chi connectivity index (χ3n) is 4.97. The molecule has 2 aromatic carbocycles. The van der Waals surface area contributed by atoms with Crippen molar-refractivity contribution in [2.45, 2.75) is 20.0 Å². The van der Waals surface area contributed by atoms with Gasteiger partial charge in [0.25, 0.3) is 11.8 Å². The van der Waals surface area contributed by atoms with Crippen molar-refractivity contribution in [1.29, 1.82) is 0 Å². The molecule has 170 valence electrons. The van der Waals surface area contributed by atoms with E-state index in [0.717, 1.165) is 0 Å². The number of ether oxygens (including phenoxy) is 3. The van der Waals surface area contributed by atoms with E-state index in [0.29, 0.717) is 39.1 Å². The van der Waals surface area contributed by atoms with Gasteiger partial charge in [0.2, 0.25) is 0 Å². The van der Waals surface area contributed by atoms with Crippen molar-refractivity contribution in [3.05, 3.63) is 70.6 Å². The Balaban J connectivity index is 1.71. The smallest absolute Gasteiger partial charge is 0.282 e. The predicted molar refractivity (Wildman–Crippen MR) is 129 cm³/mol. The first-order valence-corrected chi connectivity index (χ1v) is 11.2. The maximum absolute atomic E-state index is 13.5. The molecule has 1 aliphatic heterocycles. The number of nitrogens with one attached hydrogen (secondary N) is 1. The Kier molecular flexibility index (Phi) is 6.37. The minimum absolute atomic E-state index is 0.0234. The predicted octanol–water partition coefficient (Wildman–Crippen LogP) is 4.95. The lowest BCUT2D eigenvalue weighted by Gasteiger charge is -2.17. The fourth-order valence-corrected chi connectivity index (χ4v) is 4.30. The Labute approximate surface area is 196 Å². The van der Waals surface area contributed by atoms with Gasteiger partial charge in [-0.05, 0) is 61.7 Å². The van der Waals surface area contributed by atoms with Crippen molar-refractivity contribution in [1.82, 2.24) is 0 Å². The van der Waals surface area contributed by atoms with E-state index in [4.69, 9.17) is 14.2 Å². The molecule has 33 heavy (non-hydrogen) atoms. The first kappa shape index (κ1) is 22.4. The van der Waals surface area contributed by atoms with Crippen LogP contribution in [0.1, 0.15) is 18.7 Å². The van der Waals surface area contributed by atoms with Crippen LogP contribution < -0.4 is 24.4 Å². The second-order valence-corrected chi connectivity index (χ2v) is 8.48. The summed E-state index contributed by atoms with van der Waals surface area (Å²) in [6, 6.07) is 15.8. The summed E-state index contributed by atoms with van der Waals surface area (Å²) in [5.74, 6) is 0.923. The van der Waals surface area contributed by atoms with E-state index in [9.17, 15) is 9.59 Å². The van der Waals surface area contributed by atoms with E-state index in [1.54, 1.807) is 49.6 Å². The molecular formula is C25H24N2O5S. The van der Waals surface area contributed by atoms with Crippen molar-refractivity contribution >= 4 is 40.1 Å². The lowest BCUT2D eigenvalue weighted by atomic mass is 10.1. The van der Waals surface area contributed by atoms with Crippen molar-refractivity contribution < 1.29 is 23.8 Å². The summed E-state index contributed by atoms with van der Waals surface area (Å²) in [5.41, 5.74) is 1.60. The molecule has 2 heterocycles. The van der Waals surface area contributed by atoms with Gasteiger partial charge in [-0.1, -0.05) is 6.07 Å². The lowest BCUT2D eigenvalue weighted by molar-refractivity contribution is -0.120. The highest BCUT2D eigenvalue weighted by Gasteiger charge is 2.40. The van der Waals surface area contributed by atoms with Crippen molar-refractivity contribution in [3.8, 4) is 17.2 Å². The van der Waals surface area contributed by atoms with E-state index >= 15 is 0 Å². The Morgan fingerprint density at radius 3 is 2.24 bits per heavy atom. The number of amides is 2. The molecule has 0 spiro atoms. The first-order valence-electron chi connectivity index (χ1n) is 10.4. The molecule has 4 rings (SSSR count). The number of methoxy groups -OCH3 is 2. The topological polar surface area (TPSA) is 77.1 Å². The second-order valence-electron chi connectivity index (χ2n) is 7.53. The molecule has 3 aromatic rings. The van der Waals surface area contributed by atoms with Gasteiger partial charge in [0, 0.05) is 16.6 Å². The van der Waals surface area contributed by atoms with E-state index < -0.39 is 5.91 Å². The first-order chi connectivity index (χ1) is 15.9. The van der Waals surface area contributed by atoms with Crippen LogP contribution >= 0.6 is 11.3 Å². The van der Waals surface area contributed by atoms with Crippen molar-refractivity contribution in [2.24, 2.45) is 0 Å². The summed E-state index contributed by atoms with van der Waals surface area (Å²) >= 11 is 1.40.